The first-order valence-corrected chi connectivity index (χ1v) is 3.60. The fourth-order valence-corrected chi connectivity index (χ4v) is 0.674. The normalized spacial score (nSPS) is 13.9. The highest BCUT2D eigenvalue weighted by Gasteiger charge is 2.00. The molecule has 1 atom stereocenters. The Morgan fingerprint density at radius 2 is 2.40 bits per heavy atom. The van der Waals surface area contributed by atoms with Crippen molar-refractivity contribution in [2.24, 2.45) is 0 Å². The van der Waals surface area contributed by atoms with Crippen LogP contribution in [-0.2, 0) is 4.79 Å². The average molecular weight is 163 g/mol. The van der Waals surface area contributed by atoms with Crippen LogP contribution >= 0.6 is 11.6 Å². The Kier molecular flexibility index (Phi) is 5.26. The summed E-state index contributed by atoms with van der Waals surface area (Å²) >= 11 is 5.30. The molecular weight excluding hydrogens is 152 g/mol. The van der Waals surface area contributed by atoms with Crippen LogP contribution in [0.5, 0.6) is 0 Å². The summed E-state index contributed by atoms with van der Waals surface area (Å²) in [4.78, 5) is 10.4. The van der Waals surface area contributed by atoms with Crippen LogP contribution in [-0.4, -0.2) is 22.9 Å². The number of carbonyl (C=O) groups excluding carboxylic acids is 1. The molecule has 10 heavy (non-hydrogen) atoms. The molecule has 0 aliphatic rings. The molecule has 0 aromatic heterocycles. The van der Waals surface area contributed by atoms with E-state index in [0.29, 0.717) is 5.88 Å². The second kappa shape index (κ2) is 5.45. The summed E-state index contributed by atoms with van der Waals surface area (Å²) in [5.74, 6) is 0.348. The molecule has 0 fully saturated rings. The summed E-state index contributed by atoms with van der Waals surface area (Å²) < 4.78 is 0. The van der Waals surface area contributed by atoms with Crippen molar-refractivity contribution in [2.75, 3.05) is 5.88 Å². The molecule has 0 aromatic carbocycles. The van der Waals surface area contributed by atoms with Gasteiger partial charge in [-0.2, -0.15) is 0 Å². The number of aliphatic hydroxyl groups excluding tert-OH is 1. The van der Waals surface area contributed by atoms with Crippen molar-refractivity contribution in [3.05, 3.63) is 12.2 Å². The monoisotopic (exact) mass is 162 g/mol. The molecule has 0 aromatic rings. The largest absolute Gasteiger partial charge is 0.389 e. The maximum absolute atomic E-state index is 10.4. The van der Waals surface area contributed by atoms with Crippen molar-refractivity contribution in [3.8, 4) is 0 Å². The number of hydrogen-bond acceptors (Lipinski definition) is 2. The number of rotatable bonds is 4. The Morgan fingerprint density at radius 3 is 2.80 bits per heavy atom. The summed E-state index contributed by atoms with van der Waals surface area (Å²) in [6, 6.07) is 0. The first-order chi connectivity index (χ1) is 4.66. The first-order valence-electron chi connectivity index (χ1n) is 3.07. The lowest BCUT2D eigenvalue weighted by molar-refractivity contribution is -0.118. The van der Waals surface area contributed by atoms with E-state index in [1.54, 1.807) is 6.08 Å². The lowest BCUT2D eigenvalue weighted by Crippen LogP contribution is -2.07. The van der Waals surface area contributed by atoms with Gasteiger partial charge in [-0.05, 0) is 6.92 Å². The Morgan fingerprint density at radius 1 is 1.80 bits per heavy atom. The standard InChI is InChI=1S/C7H11ClO2/c1-6(9)5-7(10)3-2-4-8/h2-3,7,10H,4-5H2,1H3/b3-2+/t7-/m1/s1. The molecule has 0 saturated heterocycles. The van der Waals surface area contributed by atoms with Gasteiger partial charge in [-0.25, -0.2) is 0 Å². The van der Waals surface area contributed by atoms with Gasteiger partial charge < -0.3 is 5.11 Å². The van der Waals surface area contributed by atoms with Crippen molar-refractivity contribution < 1.29 is 9.90 Å². The highest BCUT2D eigenvalue weighted by molar-refractivity contribution is 6.18. The molecule has 3 heteroatoms. The summed E-state index contributed by atoms with van der Waals surface area (Å²) in [6.07, 6.45) is 2.65. The molecule has 0 radical (unpaired) electrons. The third-order valence-corrected chi connectivity index (χ3v) is 1.12. The number of alkyl halides is 1. The predicted octanol–water partition coefficient (Wildman–Crippen LogP) is 1.12. The molecule has 0 rings (SSSR count). The summed E-state index contributed by atoms with van der Waals surface area (Å²) in [5.41, 5.74) is 0. The molecule has 1 N–H and O–H groups in total. The lowest BCUT2D eigenvalue weighted by atomic mass is 10.2. The van der Waals surface area contributed by atoms with Gasteiger partial charge in [0.05, 0.1) is 6.10 Å². The van der Waals surface area contributed by atoms with Gasteiger partial charge in [-0.3, -0.25) is 4.79 Å². The Hall–Kier alpha value is -0.340. The van der Waals surface area contributed by atoms with Gasteiger partial charge in [0, 0.05) is 12.3 Å². The van der Waals surface area contributed by atoms with Gasteiger partial charge in [-0.1, -0.05) is 12.2 Å². The number of aliphatic hydroxyl groups is 1. The fraction of sp³-hybridized carbons (Fsp3) is 0.571. The third-order valence-electron chi connectivity index (χ3n) is 0.944. The van der Waals surface area contributed by atoms with Crippen LogP contribution in [0.15, 0.2) is 12.2 Å². The Balaban J connectivity index is 3.52. The maximum Gasteiger partial charge on any atom is 0.132 e. The number of carbonyl (C=O) groups is 1. The van der Waals surface area contributed by atoms with E-state index < -0.39 is 6.10 Å². The number of ketones is 1. The second-order valence-electron chi connectivity index (χ2n) is 2.06. The highest BCUT2D eigenvalue weighted by Crippen LogP contribution is 1.94. The van der Waals surface area contributed by atoms with E-state index in [9.17, 15) is 4.79 Å². The quantitative estimate of drug-likeness (QED) is 0.497. The minimum atomic E-state index is -0.670. The van der Waals surface area contributed by atoms with Gasteiger partial charge >= 0.3 is 0 Å². The van der Waals surface area contributed by atoms with Crippen LogP contribution in [0.4, 0.5) is 0 Å². The zero-order valence-electron chi connectivity index (χ0n) is 5.88. The SMILES string of the molecule is CC(=O)C[C@H](O)/C=C/CCl. The number of allylic oxidation sites excluding steroid dienone is 1. The maximum atomic E-state index is 10.4. The van der Waals surface area contributed by atoms with Gasteiger partial charge in [-0.15, -0.1) is 11.6 Å². The molecule has 0 aliphatic carbocycles. The zero-order chi connectivity index (χ0) is 7.98. The van der Waals surface area contributed by atoms with Crippen molar-refractivity contribution in [1.29, 1.82) is 0 Å². The van der Waals surface area contributed by atoms with Crippen molar-refractivity contribution in [3.63, 3.8) is 0 Å². The number of hydrogen-bond donors (Lipinski definition) is 1. The average Bonchev–Trinajstić information content (AvgIpc) is 1.82. The summed E-state index contributed by atoms with van der Waals surface area (Å²) in [6.45, 7) is 1.44. The van der Waals surface area contributed by atoms with Crippen LogP contribution in [0.1, 0.15) is 13.3 Å². The van der Waals surface area contributed by atoms with Crippen molar-refractivity contribution in [1.82, 2.24) is 0 Å². The van der Waals surface area contributed by atoms with Crippen LogP contribution in [0, 0.1) is 0 Å². The van der Waals surface area contributed by atoms with Crippen LogP contribution in [0.2, 0.25) is 0 Å². The zero-order valence-corrected chi connectivity index (χ0v) is 6.64. The van der Waals surface area contributed by atoms with E-state index in [0.717, 1.165) is 0 Å². The molecule has 0 heterocycles. The molecule has 58 valence electrons. The molecule has 0 bridgehead atoms. The molecule has 0 spiro atoms. The van der Waals surface area contributed by atoms with Crippen molar-refractivity contribution >= 4 is 17.4 Å². The fourth-order valence-electron chi connectivity index (χ4n) is 0.571. The highest BCUT2D eigenvalue weighted by atomic mass is 35.5. The summed E-state index contributed by atoms with van der Waals surface area (Å²) in [5, 5.41) is 8.98. The second-order valence-corrected chi connectivity index (χ2v) is 2.36. The Bertz CT molecular complexity index is 132. The molecular formula is C7H11ClO2. The van der Waals surface area contributed by atoms with Crippen LogP contribution in [0.3, 0.4) is 0 Å². The van der Waals surface area contributed by atoms with Gasteiger partial charge in [0.2, 0.25) is 0 Å². The molecule has 0 saturated carbocycles. The molecule has 0 unspecified atom stereocenters. The minimum absolute atomic E-state index is 0.0216. The van der Waals surface area contributed by atoms with Crippen molar-refractivity contribution in [2.45, 2.75) is 19.4 Å². The number of Topliss-reactive ketones (excluding diaryl/α,β-unsaturated/α-hetero) is 1. The smallest absolute Gasteiger partial charge is 0.132 e. The van der Waals surface area contributed by atoms with E-state index in [1.165, 1.54) is 13.0 Å². The topological polar surface area (TPSA) is 37.3 Å². The van der Waals surface area contributed by atoms with Crippen LogP contribution in [0.25, 0.3) is 0 Å². The van der Waals surface area contributed by atoms with E-state index in [-0.39, 0.29) is 12.2 Å². The molecule has 2 nitrogen and oxygen atoms in total. The Labute approximate surface area is 65.5 Å². The minimum Gasteiger partial charge on any atom is -0.389 e. The predicted molar refractivity (Wildman–Crippen MR) is 41.2 cm³/mol. The van der Waals surface area contributed by atoms with E-state index in [4.69, 9.17) is 16.7 Å². The third kappa shape index (κ3) is 5.79. The van der Waals surface area contributed by atoms with Crippen LogP contribution < -0.4 is 0 Å². The van der Waals surface area contributed by atoms with Gasteiger partial charge in [0.25, 0.3) is 0 Å². The van der Waals surface area contributed by atoms with E-state index in [1.807, 2.05) is 0 Å². The lowest BCUT2D eigenvalue weighted by Gasteiger charge is -1.99. The molecule has 0 amide bonds. The van der Waals surface area contributed by atoms with Gasteiger partial charge in [0.15, 0.2) is 0 Å². The summed E-state index contributed by atoms with van der Waals surface area (Å²) in [7, 11) is 0. The van der Waals surface area contributed by atoms with Gasteiger partial charge in [0.1, 0.15) is 5.78 Å². The number of halogens is 1. The van der Waals surface area contributed by atoms with E-state index in [2.05, 4.69) is 0 Å². The first kappa shape index (κ1) is 9.66. The van der Waals surface area contributed by atoms with E-state index >= 15 is 0 Å². The molecule has 0 aliphatic heterocycles.